The number of carbonyl (C=O) groups excluding carboxylic acids is 13. The number of carboxylic acid groups (broad SMARTS) is 2. The number of carbonyl (C=O) groups is 15. The third kappa shape index (κ3) is 28.7. The minimum absolute atomic E-state index is 0.00169. The van der Waals surface area contributed by atoms with Crippen LogP contribution >= 0.6 is 21.6 Å². The van der Waals surface area contributed by atoms with E-state index in [2.05, 4.69) is 63.5 Å². The molecule has 2 aliphatic heterocycles. The van der Waals surface area contributed by atoms with E-state index >= 15 is 0 Å². The topological polar surface area (TPSA) is 575 Å². The maximum absolute atomic E-state index is 14.4. The first-order chi connectivity index (χ1) is 43.1. The SMILES string of the molecule is CC(C)C[C@H](NC(=O)[C@H](Cc1ccccc1)NC(=O)CN)C(=O)NCC(=O)N[C@H]1CSSC[C@@H](C(N)=O)NC(=O)[C@H](CC(=O)O)NC(=O)[C@@H]2CCCN2C(=O)CNC(=O)[C@H](CCCCN)NC(=O)[C@H](CC(=O)O)NC(=O)CNC(=O)[C@H](CCCN=C(N)N)NC1=O. The predicted molar refractivity (Wildman–Crippen MR) is 329 cm³/mol. The van der Waals surface area contributed by atoms with Gasteiger partial charge in [0.15, 0.2) is 5.96 Å². The van der Waals surface area contributed by atoms with Crippen molar-refractivity contribution in [3.8, 4) is 0 Å². The molecule has 0 spiro atoms. The number of aliphatic imine (C=N–C) groups is 1. The van der Waals surface area contributed by atoms with Crippen molar-refractivity contribution < 1.29 is 82.1 Å². The number of primary amides is 1. The molecule has 0 bridgehead atoms. The molecule has 9 atom stereocenters. The minimum atomic E-state index is -1.87. The molecule has 91 heavy (non-hydrogen) atoms. The van der Waals surface area contributed by atoms with Crippen LogP contribution in [0, 0.1) is 5.92 Å². The summed E-state index contributed by atoms with van der Waals surface area (Å²) >= 11 is 0. The number of fused-ring (bicyclic) bond motifs is 1. The van der Waals surface area contributed by atoms with E-state index in [0.717, 1.165) is 26.5 Å². The number of nitrogens with zero attached hydrogens (tertiary/aromatic N) is 2. The second-order valence-electron chi connectivity index (χ2n) is 21.5. The average Bonchev–Trinajstić information content (AvgIpc) is 2.07. The number of unbranched alkanes of at least 4 members (excludes halogenated alkanes) is 1. The van der Waals surface area contributed by atoms with Crippen molar-refractivity contribution in [1.29, 1.82) is 0 Å². The molecule has 0 unspecified atom stereocenters. The highest BCUT2D eigenvalue weighted by molar-refractivity contribution is 8.76. The summed E-state index contributed by atoms with van der Waals surface area (Å²) in [6.07, 6.45) is -1.45. The van der Waals surface area contributed by atoms with Crippen LogP contribution in [-0.2, 0) is 78.3 Å². The summed E-state index contributed by atoms with van der Waals surface area (Å²) in [5.74, 6) is -17.1. The first-order valence-corrected chi connectivity index (χ1v) is 31.6. The lowest BCUT2D eigenvalue weighted by atomic mass is 10.0. The van der Waals surface area contributed by atoms with Crippen molar-refractivity contribution in [2.24, 2.45) is 39.6 Å². The number of aliphatic carboxylic acids is 2. The molecule has 504 valence electrons. The Balaban J connectivity index is 2.04. The fourth-order valence-electron chi connectivity index (χ4n) is 9.08. The predicted octanol–water partition coefficient (Wildman–Crippen LogP) is -7.54. The summed E-state index contributed by atoms with van der Waals surface area (Å²) in [6.45, 7) is 0.651. The second kappa shape index (κ2) is 40.0. The van der Waals surface area contributed by atoms with Crippen LogP contribution < -0.4 is 87.2 Å². The number of amides is 13. The van der Waals surface area contributed by atoms with E-state index in [4.69, 9.17) is 28.7 Å². The average molecular weight is 1320 g/mol. The number of nitrogens with two attached hydrogens (primary N) is 5. The molecule has 0 saturated carbocycles. The maximum atomic E-state index is 14.4. The van der Waals surface area contributed by atoms with Gasteiger partial charge in [0.05, 0.1) is 39.0 Å². The molecule has 1 aromatic carbocycles. The molecule has 0 aromatic heterocycles. The number of guanidine groups is 1. The van der Waals surface area contributed by atoms with Gasteiger partial charge in [0.25, 0.3) is 0 Å². The fourth-order valence-corrected chi connectivity index (χ4v) is 11.4. The molecule has 13 amide bonds. The largest absolute Gasteiger partial charge is 0.481 e. The Morgan fingerprint density at radius 3 is 1.87 bits per heavy atom. The van der Waals surface area contributed by atoms with Crippen LogP contribution in [-0.4, -0.2) is 222 Å². The van der Waals surface area contributed by atoms with Crippen molar-refractivity contribution in [2.75, 3.05) is 57.3 Å². The number of nitrogens with one attached hydrogen (secondary N) is 11. The van der Waals surface area contributed by atoms with Gasteiger partial charge in [-0.3, -0.25) is 76.9 Å². The Bertz CT molecular complexity index is 2780. The molecule has 2 fully saturated rings. The van der Waals surface area contributed by atoms with Crippen LogP contribution in [0.3, 0.4) is 0 Å². The molecule has 2 aliphatic rings. The summed E-state index contributed by atoms with van der Waals surface area (Å²) in [4.78, 5) is 206. The smallest absolute Gasteiger partial charge is 0.305 e. The zero-order valence-electron chi connectivity index (χ0n) is 50.4. The van der Waals surface area contributed by atoms with Crippen LogP contribution in [0.15, 0.2) is 35.3 Å². The second-order valence-corrected chi connectivity index (χ2v) is 24.0. The molecule has 35 nitrogen and oxygen atoms in total. The first kappa shape index (κ1) is 76.4. The van der Waals surface area contributed by atoms with E-state index in [9.17, 15) is 82.1 Å². The van der Waals surface area contributed by atoms with Gasteiger partial charge in [-0.25, -0.2) is 0 Å². The highest BCUT2D eigenvalue weighted by Crippen LogP contribution is 2.24. The Kier molecular flexibility index (Phi) is 33.6. The van der Waals surface area contributed by atoms with Crippen molar-refractivity contribution in [3.05, 3.63) is 35.9 Å². The number of hydrogen-bond donors (Lipinski definition) is 18. The van der Waals surface area contributed by atoms with Crippen molar-refractivity contribution >= 4 is 116 Å². The quantitative estimate of drug-likeness (QED) is 0.0187. The number of benzene rings is 1. The fraction of sp³-hybridized carbons (Fsp3) is 0.593. The molecule has 2 saturated heterocycles. The normalized spacial score (nSPS) is 21.9. The van der Waals surface area contributed by atoms with Gasteiger partial charge in [-0.2, -0.15) is 0 Å². The lowest BCUT2D eigenvalue weighted by molar-refractivity contribution is -0.143. The summed E-state index contributed by atoms with van der Waals surface area (Å²) in [5.41, 5.74) is 28.5. The van der Waals surface area contributed by atoms with Crippen LogP contribution in [0.4, 0.5) is 0 Å². The van der Waals surface area contributed by atoms with Gasteiger partial charge in [0, 0.05) is 31.0 Å². The third-order valence-electron chi connectivity index (χ3n) is 13.7. The molecule has 0 radical (unpaired) electrons. The van der Waals surface area contributed by atoms with Crippen LogP contribution in [0.25, 0.3) is 0 Å². The van der Waals surface area contributed by atoms with E-state index in [0.29, 0.717) is 12.0 Å². The Hall–Kier alpha value is -8.84. The number of hydrogen-bond acceptors (Lipinski definition) is 20. The highest BCUT2D eigenvalue weighted by atomic mass is 33.1. The molecule has 0 aliphatic carbocycles. The summed E-state index contributed by atoms with van der Waals surface area (Å²) < 4.78 is 0. The first-order valence-electron chi connectivity index (χ1n) is 29.1. The Labute approximate surface area is 531 Å². The highest BCUT2D eigenvalue weighted by Gasteiger charge is 2.38. The molecule has 2 heterocycles. The molecular weight excluding hydrogens is 1240 g/mol. The van der Waals surface area contributed by atoms with Crippen molar-refractivity contribution in [2.45, 2.75) is 139 Å². The van der Waals surface area contributed by atoms with E-state index in [1.165, 1.54) is 0 Å². The van der Waals surface area contributed by atoms with Gasteiger partial charge in [0.1, 0.15) is 54.4 Å². The number of carboxylic acids is 2. The molecule has 37 heteroatoms. The molecule has 23 N–H and O–H groups in total. The zero-order valence-corrected chi connectivity index (χ0v) is 52.1. The monoisotopic (exact) mass is 1320 g/mol. The Morgan fingerprint density at radius 2 is 1.26 bits per heavy atom. The van der Waals surface area contributed by atoms with Crippen LogP contribution in [0.1, 0.15) is 83.6 Å². The minimum Gasteiger partial charge on any atom is -0.481 e. The van der Waals surface area contributed by atoms with Crippen LogP contribution in [0.2, 0.25) is 0 Å². The van der Waals surface area contributed by atoms with Gasteiger partial charge in [0.2, 0.25) is 76.8 Å². The van der Waals surface area contributed by atoms with E-state index < -0.39 is 188 Å². The van der Waals surface area contributed by atoms with E-state index in [-0.39, 0.29) is 88.6 Å². The van der Waals surface area contributed by atoms with Crippen molar-refractivity contribution in [3.63, 3.8) is 0 Å². The lowest BCUT2D eigenvalue weighted by Crippen LogP contribution is -2.58. The van der Waals surface area contributed by atoms with E-state index in [1.54, 1.807) is 44.2 Å². The molecular formula is C54H84N18O17S2. The zero-order chi connectivity index (χ0) is 67.7. The van der Waals surface area contributed by atoms with Gasteiger partial charge in [-0.05, 0) is 69.4 Å². The van der Waals surface area contributed by atoms with Crippen LogP contribution in [0.5, 0.6) is 0 Å². The lowest BCUT2D eigenvalue weighted by Gasteiger charge is -2.27. The summed E-state index contributed by atoms with van der Waals surface area (Å²) in [6, 6.07) is -5.02. The van der Waals surface area contributed by atoms with Gasteiger partial charge < -0.3 is 102 Å². The molecule has 3 rings (SSSR count). The van der Waals surface area contributed by atoms with Gasteiger partial charge in [-0.15, -0.1) is 0 Å². The number of rotatable bonds is 25. The summed E-state index contributed by atoms with van der Waals surface area (Å²) in [5, 5.41) is 46.0. The molecule has 1 aromatic rings. The third-order valence-corrected chi connectivity index (χ3v) is 16.1. The van der Waals surface area contributed by atoms with Gasteiger partial charge >= 0.3 is 11.9 Å². The van der Waals surface area contributed by atoms with E-state index in [1.807, 2.05) is 0 Å². The summed E-state index contributed by atoms with van der Waals surface area (Å²) in [7, 11) is 1.62. The van der Waals surface area contributed by atoms with Crippen molar-refractivity contribution in [1.82, 2.24) is 63.4 Å². The standard InChI is InChI=1S/C54H84N18O17S2/c1-28(2)18-32(69-49(85)33(64-39(73)22-56)19-29-10-4-3-5-11-29)48(84)62-24-41(75)66-37-27-91-90-26-36(45(57)81)71-51(87)35(21-44(79)80)70-53(89)38-14-9-17-72(38)42(76)25-63-47(83)30(12-6-7-15-55)67-50(86)34(20-43(77)78)65-40(74)23-61-46(82)31(68-52(37)88)13-8-16-60-54(58)59/h3-5,10-11,28,30-38H,6-9,12-27,55-56H2,1-2H3,(H2,57,81)(H,61,82)(H,62,84)(H,63,83)(H,64,73)(H,65,74)(H,66,75)(H,67,86)(H,68,88)(H,69,85)(H,70,89)(H,71,87)(H,77,78)(H,79,80)(H4,58,59,60)/t30-,31-,32-,33-,34-,35-,36-,37-,38-/m0/s1. The van der Waals surface area contributed by atoms with Gasteiger partial charge in [-0.1, -0.05) is 65.8 Å². The Morgan fingerprint density at radius 1 is 0.670 bits per heavy atom. The maximum Gasteiger partial charge on any atom is 0.305 e.